The number of benzene rings is 2. The van der Waals surface area contributed by atoms with Gasteiger partial charge in [-0.3, -0.25) is 14.2 Å². The van der Waals surface area contributed by atoms with Gasteiger partial charge in [0.1, 0.15) is 0 Å². The highest BCUT2D eigenvalue weighted by molar-refractivity contribution is 8.00. The van der Waals surface area contributed by atoms with Crippen LogP contribution in [0.4, 0.5) is 5.69 Å². The van der Waals surface area contributed by atoms with Crippen molar-refractivity contribution in [2.24, 2.45) is 0 Å². The van der Waals surface area contributed by atoms with Gasteiger partial charge in [0.2, 0.25) is 12.7 Å². The lowest BCUT2D eigenvalue weighted by Crippen LogP contribution is -2.26. The Bertz CT molecular complexity index is 1170. The number of amides is 1. The summed E-state index contributed by atoms with van der Waals surface area (Å²) < 4.78 is 12.4. The van der Waals surface area contributed by atoms with Gasteiger partial charge in [0.05, 0.1) is 16.2 Å². The molecule has 2 aliphatic rings. The molecule has 2 heterocycles. The number of hydrogen-bond acceptors (Lipinski definition) is 6. The Labute approximate surface area is 171 Å². The number of hydrogen-bond donors (Lipinski definition) is 1. The molecule has 8 heteroatoms. The van der Waals surface area contributed by atoms with Gasteiger partial charge in [-0.05, 0) is 44.0 Å². The van der Waals surface area contributed by atoms with E-state index in [1.807, 2.05) is 25.1 Å². The number of ether oxygens (including phenoxy) is 2. The second kappa shape index (κ2) is 7.11. The van der Waals surface area contributed by atoms with Crippen LogP contribution in [0.2, 0.25) is 0 Å². The Morgan fingerprint density at radius 1 is 1.21 bits per heavy atom. The van der Waals surface area contributed by atoms with E-state index in [0.717, 1.165) is 12.8 Å². The van der Waals surface area contributed by atoms with Crippen LogP contribution in [-0.2, 0) is 4.79 Å². The molecule has 2 aromatic carbocycles. The lowest BCUT2D eigenvalue weighted by Gasteiger charge is -2.16. The maximum absolute atomic E-state index is 13.0. The van der Waals surface area contributed by atoms with Gasteiger partial charge in [-0.2, -0.15) is 0 Å². The summed E-state index contributed by atoms with van der Waals surface area (Å²) in [4.78, 5) is 30.4. The molecule has 1 atom stereocenters. The summed E-state index contributed by atoms with van der Waals surface area (Å²) in [7, 11) is 0. The van der Waals surface area contributed by atoms with Crippen LogP contribution in [0.5, 0.6) is 11.5 Å². The zero-order valence-electron chi connectivity index (χ0n) is 15.8. The van der Waals surface area contributed by atoms with Crippen molar-refractivity contribution in [3.63, 3.8) is 0 Å². The Morgan fingerprint density at radius 2 is 2.00 bits per heavy atom. The number of anilines is 1. The number of nitrogens with zero attached hydrogens (tertiary/aromatic N) is 2. The summed E-state index contributed by atoms with van der Waals surface area (Å²) in [5, 5.41) is 3.67. The number of carbonyl (C=O) groups excluding carboxylic acids is 1. The molecule has 5 rings (SSSR count). The number of rotatable bonds is 5. The zero-order chi connectivity index (χ0) is 20.0. The summed E-state index contributed by atoms with van der Waals surface area (Å²) in [6, 6.07) is 12.8. The fraction of sp³-hybridized carbons (Fsp3) is 0.286. The molecule has 0 saturated heterocycles. The molecule has 0 radical (unpaired) electrons. The van der Waals surface area contributed by atoms with E-state index < -0.39 is 5.25 Å². The number of aromatic nitrogens is 2. The molecule has 0 bridgehead atoms. The Balaban J connectivity index is 1.39. The average Bonchev–Trinajstić information content (AvgIpc) is 3.44. The van der Waals surface area contributed by atoms with Crippen molar-refractivity contribution in [2.45, 2.75) is 36.2 Å². The fourth-order valence-corrected chi connectivity index (χ4v) is 4.27. The van der Waals surface area contributed by atoms with Crippen molar-refractivity contribution in [3.05, 3.63) is 52.8 Å². The molecular weight excluding hydrogens is 390 g/mol. The summed E-state index contributed by atoms with van der Waals surface area (Å²) >= 11 is 1.30. The van der Waals surface area contributed by atoms with E-state index in [-0.39, 0.29) is 24.3 Å². The third-order valence-corrected chi connectivity index (χ3v) is 6.05. The molecule has 7 nitrogen and oxygen atoms in total. The van der Waals surface area contributed by atoms with E-state index in [0.29, 0.717) is 33.2 Å². The van der Waals surface area contributed by atoms with E-state index in [4.69, 9.17) is 9.47 Å². The molecule has 1 aliphatic carbocycles. The zero-order valence-corrected chi connectivity index (χ0v) is 16.6. The van der Waals surface area contributed by atoms with Crippen LogP contribution in [0.25, 0.3) is 10.9 Å². The number of nitrogens with one attached hydrogen (secondary N) is 1. The molecule has 1 N–H and O–H groups in total. The molecule has 1 fully saturated rings. The normalized spacial score (nSPS) is 16.0. The van der Waals surface area contributed by atoms with Crippen molar-refractivity contribution >= 4 is 34.3 Å². The lowest BCUT2D eigenvalue weighted by atomic mass is 10.2. The molecule has 29 heavy (non-hydrogen) atoms. The van der Waals surface area contributed by atoms with E-state index in [1.165, 1.54) is 11.8 Å². The first kappa shape index (κ1) is 18.1. The molecule has 1 aromatic heterocycles. The summed E-state index contributed by atoms with van der Waals surface area (Å²) in [6.45, 7) is 2.00. The maximum Gasteiger partial charge on any atom is 0.262 e. The predicted octanol–water partition coefficient (Wildman–Crippen LogP) is 3.58. The first-order valence-corrected chi connectivity index (χ1v) is 10.4. The highest BCUT2D eigenvalue weighted by Gasteiger charge is 2.30. The van der Waals surface area contributed by atoms with Gasteiger partial charge in [-0.1, -0.05) is 23.9 Å². The minimum absolute atomic E-state index is 0.0380. The number of fused-ring (bicyclic) bond motifs is 2. The van der Waals surface area contributed by atoms with Crippen molar-refractivity contribution < 1.29 is 14.3 Å². The largest absolute Gasteiger partial charge is 0.454 e. The molecule has 0 spiro atoms. The maximum atomic E-state index is 13.0. The van der Waals surface area contributed by atoms with Crippen LogP contribution in [0, 0.1) is 0 Å². The fourth-order valence-electron chi connectivity index (χ4n) is 3.29. The van der Waals surface area contributed by atoms with Gasteiger partial charge in [-0.25, -0.2) is 4.98 Å². The van der Waals surface area contributed by atoms with E-state index in [1.54, 1.807) is 28.8 Å². The molecular formula is C21H19N3O4S. The van der Waals surface area contributed by atoms with Crippen molar-refractivity contribution in [3.8, 4) is 11.5 Å². The first-order valence-electron chi connectivity index (χ1n) is 9.48. The minimum Gasteiger partial charge on any atom is -0.454 e. The highest BCUT2D eigenvalue weighted by Crippen LogP contribution is 2.38. The Kier molecular flexibility index (Phi) is 4.43. The average molecular weight is 409 g/mol. The standard InChI is InChI=1S/C21H19N3O4S/c1-12(19(25)22-13-6-9-17-18(10-13)28-11-27-17)29-21-23-16-5-3-2-4-15(16)20(26)24(21)14-7-8-14/h2-6,9-10,12,14H,7-8,11H2,1H3,(H,22,25)/t12-/m0/s1. The SMILES string of the molecule is C[C@H](Sc1nc2ccccc2c(=O)n1C1CC1)C(=O)Nc1ccc2c(c1)OCO2. The minimum atomic E-state index is -0.432. The lowest BCUT2D eigenvalue weighted by molar-refractivity contribution is -0.115. The summed E-state index contributed by atoms with van der Waals surface area (Å²) in [5.74, 6) is 1.11. The van der Waals surface area contributed by atoms with Crippen LogP contribution in [-0.4, -0.2) is 27.5 Å². The molecule has 1 amide bonds. The number of carbonyl (C=O) groups is 1. The molecule has 148 valence electrons. The van der Waals surface area contributed by atoms with E-state index >= 15 is 0 Å². The van der Waals surface area contributed by atoms with Crippen molar-refractivity contribution in [2.75, 3.05) is 12.1 Å². The van der Waals surface area contributed by atoms with Crippen molar-refractivity contribution in [1.82, 2.24) is 9.55 Å². The summed E-state index contributed by atoms with van der Waals surface area (Å²) in [6.07, 6.45) is 1.93. The van der Waals surface area contributed by atoms with Gasteiger partial charge in [0.25, 0.3) is 5.56 Å². The monoisotopic (exact) mass is 409 g/mol. The van der Waals surface area contributed by atoms with Gasteiger partial charge < -0.3 is 14.8 Å². The summed E-state index contributed by atoms with van der Waals surface area (Å²) in [5.41, 5.74) is 1.25. The van der Waals surface area contributed by atoms with Crippen molar-refractivity contribution in [1.29, 1.82) is 0 Å². The van der Waals surface area contributed by atoms with Crippen LogP contribution >= 0.6 is 11.8 Å². The topological polar surface area (TPSA) is 82.5 Å². The van der Waals surface area contributed by atoms with Gasteiger partial charge in [0.15, 0.2) is 16.7 Å². The van der Waals surface area contributed by atoms with Gasteiger partial charge in [0, 0.05) is 17.8 Å². The molecule has 1 aliphatic heterocycles. The van der Waals surface area contributed by atoms with E-state index in [9.17, 15) is 9.59 Å². The Morgan fingerprint density at radius 3 is 2.83 bits per heavy atom. The van der Waals surface area contributed by atoms with Gasteiger partial charge >= 0.3 is 0 Å². The number of para-hydroxylation sites is 1. The van der Waals surface area contributed by atoms with Crippen LogP contribution in [0.3, 0.4) is 0 Å². The molecule has 0 unspecified atom stereocenters. The first-order chi connectivity index (χ1) is 14.1. The number of thioether (sulfide) groups is 1. The van der Waals surface area contributed by atoms with E-state index in [2.05, 4.69) is 10.3 Å². The molecule has 1 saturated carbocycles. The third-order valence-electron chi connectivity index (χ3n) is 4.98. The quantitative estimate of drug-likeness (QED) is 0.512. The Hall–Kier alpha value is -3.00. The predicted molar refractivity (Wildman–Crippen MR) is 111 cm³/mol. The smallest absolute Gasteiger partial charge is 0.262 e. The second-order valence-electron chi connectivity index (χ2n) is 7.14. The van der Waals surface area contributed by atoms with Crippen LogP contribution in [0.15, 0.2) is 52.4 Å². The second-order valence-corrected chi connectivity index (χ2v) is 8.44. The third kappa shape index (κ3) is 3.44. The van der Waals surface area contributed by atoms with Crippen LogP contribution < -0.4 is 20.3 Å². The van der Waals surface area contributed by atoms with Crippen LogP contribution in [0.1, 0.15) is 25.8 Å². The molecule has 3 aromatic rings. The van der Waals surface area contributed by atoms with Gasteiger partial charge in [-0.15, -0.1) is 0 Å². The highest BCUT2D eigenvalue weighted by atomic mass is 32.2.